The van der Waals surface area contributed by atoms with Gasteiger partial charge in [0.25, 0.3) is 0 Å². The van der Waals surface area contributed by atoms with Crippen molar-refractivity contribution in [2.24, 2.45) is 5.73 Å². The van der Waals surface area contributed by atoms with Gasteiger partial charge in [-0.15, -0.1) is 0 Å². The molecule has 0 saturated heterocycles. The van der Waals surface area contributed by atoms with Crippen molar-refractivity contribution in [1.29, 1.82) is 0 Å². The fourth-order valence-corrected chi connectivity index (χ4v) is 1.23. The quantitative estimate of drug-likeness (QED) is 0.802. The molecule has 0 fully saturated rings. The van der Waals surface area contributed by atoms with Crippen molar-refractivity contribution in [2.45, 2.75) is 6.42 Å². The SMILES string of the molecule is COc1nc(CCN)c(Cl)c(OC)n1. The average Bonchev–Trinajstić information content (AvgIpc) is 2.21. The molecule has 6 heteroatoms. The van der Waals surface area contributed by atoms with Crippen LogP contribution in [0.2, 0.25) is 5.02 Å². The minimum absolute atomic E-state index is 0.231. The Kier molecular flexibility index (Phi) is 3.91. The Morgan fingerprint density at radius 1 is 1.29 bits per heavy atom. The summed E-state index contributed by atoms with van der Waals surface area (Å²) >= 11 is 5.96. The third-order valence-electron chi connectivity index (χ3n) is 1.63. The number of rotatable bonds is 4. The molecule has 0 aliphatic heterocycles. The zero-order valence-electron chi connectivity index (χ0n) is 8.08. The maximum absolute atomic E-state index is 5.96. The second kappa shape index (κ2) is 4.97. The van der Waals surface area contributed by atoms with E-state index in [0.29, 0.717) is 29.6 Å². The van der Waals surface area contributed by atoms with Crippen LogP contribution in [0.3, 0.4) is 0 Å². The normalized spacial score (nSPS) is 10.0. The topological polar surface area (TPSA) is 70.3 Å². The van der Waals surface area contributed by atoms with Gasteiger partial charge in [-0.05, 0) is 6.54 Å². The van der Waals surface area contributed by atoms with Crippen LogP contribution in [0, 0.1) is 0 Å². The van der Waals surface area contributed by atoms with Crippen molar-refractivity contribution in [3.8, 4) is 11.9 Å². The predicted octanol–water partition coefficient (Wildman–Crippen LogP) is 0.648. The molecular formula is C8H12ClN3O2. The van der Waals surface area contributed by atoms with E-state index < -0.39 is 0 Å². The van der Waals surface area contributed by atoms with Gasteiger partial charge in [0.1, 0.15) is 5.02 Å². The Morgan fingerprint density at radius 3 is 2.50 bits per heavy atom. The lowest BCUT2D eigenvalue weighted by molar-refractivity contribution is 0.350. The zero-order valence-corrected chi connectivity index (χ0v) is 8.84. The first kappa shape index (κ1) is 11.0. The third-order valence-corrected chi connectivity index (χ3v) is 2.01. The van der Waals surface area contributed by atoms with E-state index in [4.69, 9.17) is 26.8 Å². The first-order valence-electron chi connectivity index (χ1n) is 4.07. The monoisotopic (exact) mass is 217 g/mol. The molecule has 0 saturated carbocycles. The lowest BCUT2D eigenvalue weighted by Gasteiger charge is -2.07. The standard InChI is InChI=1S/C8H12ClN3O2/c1-13-7-6(9)5(3-4-10)11-8(12-7)14-2/h3-4,10H2,1-2H3. The molecule has 0 unspecified atom stereocenters. The smallest absolute Gasteiger partial charge is 0.319 e. The molecule has 0 aliphatic carbocycles. The van der Waals surface area contributed by atoms with Crippen LogP contribution < -0.4 is 15.2 Å². The van der Waals surface area contributed by atoms with Crippen LogP contribution in [0.5, 0.6) is 11.9 Å². The maximum Gasteiger partial charge on any atom is 0.319 e. The largest absolute Gasteiger partial charge is 0.480 e. The molecule has 1 heterocycles. The molecule has 1 rings (SSSR count). The van der Waals surface area contributed by atoms with Crippen LogP contribution in [-0.2, 0) is 6.42 Å². The molecule has 5 nitrogen and oxygen atoms in total. The lowest BCUT2D eigenvalue weighted by atomic mass is 10.3. The van der Waals surface area contributed by atoms with E-state index in [0.717, 1.165) is 0 Å². The zero-order chi connectivity index (χ0) is 10.6. The summed E-state index contributed by atoms with van der Waals surface area (Å²) in [5, 5.41) is 0.388. The second-order valence-corrected chi connectivity index (χ2v) is 2.90. The molecule has 0 spiro atoms. The molecule has 78 valence electrons. The first-order chi connectivity index (χ1) is 6.72. The molecule has 1 aromatic rings. The van der Waals surface area contributed by atoms with Crippen LogP contribution in [0.1, 0.15) is 5.69 Å². The van der Waals surface area contributed by atoms with E-state index in [1.54, 1.807) is 0 Å². The maximum atomic E-state index is 5.96. The molecule has 0 radical (unpaired) electrons. The summed E-state index contributed by atoms with van der Waals surface area (Å²) in [6, 6.07) is 0.231. The Labute approximate surface area is 87.2 Å². The molecule has 1 aromatic heterocycles. The van der Waals surface area contributed by atoms with Crippen molar-refractivity contribution in [1.82, 2.24) is 9.97 Å². The van der Waals surface area contributed by atoms with Crippen LogP contribution in [0.25, 0.3) is 0 Å². The van der Waals surface area contributed by atoms with Gasteiger partial charge in [-0.2, -0.15) is 9.97 Å². The highest BCUT2D eigenvalue weighted by Gasteiger charge is 2.12. The third kappa shape index (κ3) is 2.24. The van der Waals surface area contributed by atoms with Crippen LogP contribution >= 0.6 is 11.6 Å². The van der Waals surface area contributed by atoms with Gasteiger partial charge in [0.2, 0.25) is 5.88 Å². The summed E-state index contributed by atoms with van der Waals surface area (Å²) in [4.78, 5) is 7.99. The fraction of sp³-hybridized carbons (Fsp3) is 0.500. The number of aromatic nitrogens is 2. The molecule has 0 bridgehead atoms. The molecule has 0 aliphatic rings. The second-order valence-electron chi connectivity index (χ2n) is 2.52. The Morgan fingerprint density at radius 2 is 2.00 bits per heavy atom. The van der Waals surface area contributed by atoms with Gasteiger partial charge in [-0.1, -0.05) is 11.6 Å². The van der Waals surface area contributed by atoms with Crippen LogP contribution in [0.15, 0.2) is 0 Å². The van der Waals surface area contributed by atoms with Gasteiger partial charge in [-0.3, -0.25) is 0 Å². The summed E-state index contributed by atoms with van der Waals surface area (Å²) in [7, 11) is 2.97. The number of hydrogen-bond donors (Lipinski definition) is 1. The molecule has 14 heavy (non-hydrogen) atoms. The molecule has 0 amide bonds. The van der Waals surface area contributed by atoms with Crippen molar-refractivity contribution >= 4 is 11.6 Å². The molecule has 0 atom stereocenters. The minimum atomic E-state index is 0.231. The van der Waals surface area contributed by atoms with E-state index in [1.807, 2.05) is 0 Å². The van der Waals surface area contributed by atoms with Gasteiger partial charge in [0.15, 0.2) is 0 Å². The summed E-state index contributed by atoms with van der Waals surface area (Å²) in [5.41, 5.74) is 6.05. The Bertz CT molecular complexity index is 320. The summed E-state index contributed by atoms with van der Waals surface area (Å²) in [5.74, 6) is 0.307. The number of nitrogens with two attached hydrogens (primary N) is 1. The Hall–Kier alpha value is -1.07. The van der Waals surface area contributed by atoms with Crippen LogP contribution in [-0.4, -0.2) is 30.7 Å². The highest BCUT2D eigenvalue weighted by Crippen LogP contribution is 2.26. The van der Waals surface area contributed by atoms with E-state index in [9.17, 15) is 0 Å². The highest BCUT2D eigenvalue weighted by atomic mass is 35.5. The summed E-state index contributed by atoms with van der Waals surface area (Å²) in [6.07, 6.45) is 0.564. The van der Waals surface area contributed by atoms with Gasteiger partial charge in [-0.25, -0.2) is 0 Å². The average molecular weight is 218 g/mol. The predicted molar refractivity (Wildman–Crippen MR) is 52.9 cm³/mol. The van der Waals surface area contributed by atoms with Gasteiger partial charge in [0.05, 0.1) is 19.9 Å². The van der Waals surface area contributed by atoms with Gasteiger partial charge < -0.3 is 15.2 Å². The number of nitrogens with zero attached hydrogens (tertiary/aromatic N) is 2. The van der Waals surface area contributed by atoms with Crippen molar-refractivity contribution < 1.29 is 9.47 Å². The Balaban J connectivity index is 3.12. The number of ether oxygens (including phenoxy) is 2. The van der Waals surface area contributed by atoms with E-state index in [1.165, 1.54) is 14.2 Å². The van der Waals surface area contributed by atoms with Crippen molar-refractivity contribution in [3.63, 3.8) is 0 Å². The summed E-state index contributed by atoms with van der Waals surface area (Å²) in [6.45, 7) is 0.461. The molecular weight excluding hydrogens is 206 g/mol. The molecule has 2 N–H and O–H groups in total. The van der Waals surface area contributed by atoms with E-state index >= 15 is 0 Å². The number of methoxy groups -OCH3 is 2. The van der Waals surface area contributed by atoms with Crippen molar-refractivity contribution in [2.75, 3.05) is 20.8 Å². The van der Waals surface area contributed by atoms with Gasteiger partial charge in [0, 0.05) is 6.42 Å². The van der Waals surface area contributed by atoms with E-state index in [-0.39, 0.29) is 6.01 Å². The fourth-order valence-electron chi connectivity index (χ4n) is 0.978. The minimum Gasteiger partial charge on any atom is -0.480 e. The molecule has 0 aromatic carbocycles. The van der Waals surface area contributed by atoms with E-state index in [2.05, 4.69) is 9.97 Å². The number of halogens is 1. The first-order valence-corrected chi connectivity index (χ1v) is 4.45. The van der Waals surface area contributed by atoms with Crippen molar-refractivity contribution in [3.05, 3.63) is 10.7 Å². The number of hydrogen-bond acceptors (Lipinski definition) is 5. The highest BCUT2D eigenvalue weighted by molar-refractivity contribution is 6.32. The summed E-state index contributed by atoms with van der Waals surface area (Å²) < 4.78 is 9.87. The van der Waals surface area contributed by atoms with Crippen LogP contribution in [0.4, 0.5) is 0 Å². The van der Waals surface area contributed by atoms with Gasteiger partial charge >= 0.3 is 6.01 Å². The lowest BCUT2D eigenvalue weighted by Crippen LogP contribution is -2.07.